The van der Waals surface area contributed by atoms with Gasteiger partial charge in [-0.05, 0) is 50.2 Å². The summed E-state index contributed by atoms with van der Waals surface area (Å²) in [5.74, 6) is 0.685. The van der Waals surface area contributed by atoms with Gasteiger partial charge in [0.2, 0.25) is 0 Å². The molecule has 1 aliphatic rings. The van der Waals surface area contributed by atoms with Crippen LogP contribution in [0.4, 0.5) is 5.69 Å². The Morgan fingerprint density at radius 3 is 2.50 bits per heavy atom. The first-order valence-electron chi connectivity index (χ1n) is 7.20. The lowest BCUT2D eigenvalue weighted by Gasteiger charge is -2.11. The first kappa shape index (κ1) is 15.4. The molecule has 4 nitrogen and oxygen atoms in total. The van der Waals surface area contributed by atoms with Gasteiger partial charge in [-0.3, -0.25) is 9.69 Å². The molecule has 0 atom stereocenters. The Morgan fingerprint density at radius 1 is 1.14 bits per heavy atom. The predicted molar refractivity (Wildman–Crippen MR) is 87.6 cm³/mol. The molecule has 1 aromatic carbocycles. The van der Waals surface area contributed by atoms with Gasteiger partial charge in [-0.1, -0.05) is 29.3 Å². The Balaban J connectivity index is 1.69. The van der Waals surface area contributed by atoms with Crippen LogP contribution in [0.2, 0.25) is 10.0 Å². The van der Waals surface area contributed by atoms with Crippen LogP contribution >= 0.6 is 23.2 Å². The van der Waals surface area contributed by atoms with Crippen molar-refractivity contribution in [2.24, 2.45) is 0 Å². The molecule has 22 heavy (non-hydrogen) atoms. The number of likely N-dealkylation sites (tertiary alicyclic amines) is 1. The number of halogens is 2. The Morgan fingerprint density at radius 2 is 1.82 bits per heavy atom. The second-order valence-electron chi connectivity index (χ2n) is 5.30. The van der Waals surface area contributed by atoms with Crippen molar-refractivity contribution in [3.05, 3.63) is 51.9 Å². The third-order valence-electron chi connectivity index (χ3n) is 3.66. The molecule has 1 amide bonds. The van der Waals surface area contributed by atoms with Crippen molar-refractivity contribution in [2.75, 3.05) is 18.4 Å². The standard InChI is InChI=1S/C16H16Cl2N2O2/c17-12-4-3-5-13(18)15(12)19-16(21)14-7-6-11(22-14)10-20-8-1-2-9-20/h3-7H,1-2,8-10H2,(H,19,21). The molecular weight excluding hydrogens is 323 g/mol. The fourth-order valence-corrected chi connectivity index (χ4v) is 3.03. The first-order chi connectivity index (χ1) is 10.6. The predicted octanol–water partition coefficient (Wildman–Crippen LogP) is 4.43. The van der Waals surface area contributed by atoms with E-state index in [4.69, 9.17) is 27.6 Å². The molecule has 1 N–H and O–H groups in total. The highest BCUT2D eigenvalue weighted by Gasteiger charge is 2.17. The normalized spacial score (nSPS) is 15.2. The van der Waals surface area contributed by atoms with Crippen LogP contribution in [0.5, 0.6) is 0 Å². The van der Waals surface area contributed by atoms with Crippen molar-refractivity contribution in [3.8, 4) is 0 Å². The van der Waals surface area contributed by atoms with Gasteiger partial charge in [0.1, 0.15) is 5.76 Å². The topological polar surface area (TPSA) is 45.5 Å². The van der Waals surface area contributed by atoms with Crippen molar-refractivity contribution in [2.45, 2.75) is 19.4 Å². The van der Waals surface area contributed by atoms with Gasteiger partial charge in [0.05, 0.1) is 22.3 Å². The van der Waals surface area contributed by atoms with Crippen molar-refractivity contribution >= 4 is 34.8 Å². The number of amides is 1. The molecule has 1 aromatic heterocycles. The summed E-state index contributed by atoms with van der Waals surface area (Å²) in [5, 5.41) is 3.48. The van der Waals surface area contributed by atoms with Crippen LogP contribution in [-0.4, -0.2) is 23.9 Å². The number of anilines is 1. The van der Waals surface area contributed by atoms with Crippen LogP contribution in [0.15, 0.2) is 34.7 Å². The molecule has 116 valence electrons. The number of rotatable bonds is 4. The average molecular weight is 339 g/mol. The minimum Gasteiger partial charge on any atom is -0.455 e. The van der Waals surface area contributed by atoms with Crippen molar-refractivity contribution in [3.63, 3.8) is 0 Å². The number of carbonyl (C=O) groups is 1. The maximum Gasteiger partial charge on any atom is 0.291 e. The smallest absolute Gasteiger partial charge is 0.291 e. The summed E-state index contributed by atoms with van der Waals surface area (Å²) in [6, 6.07) is 8.57. The molecule has 0 bridgehead atoms. The molecule has 0 unspecified atom stereocenters. The van der Waals surface area contributed by atoms with Gasteiger partial charge < -0.3 is 9.73 Å². The molecule has 0 aliphatic carbocycles. The number of furan rings is 1. The molecule has 0 radical (unpaired) electrons. The maximum atomic E-state index is 12.2. The van der Waals surface area contributed by atoms with Gasteiger partial charge in [-0.2, -0.15) is 0 Å². The summed E-state index contributed by atoms with van der Waals surface area (Å²) >= 11 is 12.1. The molecule has 3 rings (SSSR count). The maximum absolute atomic E-state index is 12.2. The van der Waals surface area contributed by atoms with Gasteiger partial charge in [0.25, 0.3) is 5.91 Å². The van der Waals surface area contributed by atoms with Gasteiger partial charge in [0, 0.05) is 0 Å². The SMILES string of the molecule is O=C(Nc1c(Cl)cccc1Cl)c1ccc(CN2CCCC2)o1. The fraction of sp³-hybridized carbons (Fsp3) is 0.312. The molecule has 6 heteroatoms. The third-order valence-corrected chi connectivity index (χ3v) is 4.29. The number of para-hydroxylation sites is 1. The number of nitrogens with one attached hydrogen (secondary N) is 1. The molecule has 1 saturated heterocycles. The van der Waals surface area contributed by atoms with Crippen LogP contribution in [0.3, 0.4) is 0 Å². The number of hydrogen-bond donors (Lipinski definition) is 1. The zero-order valence-electron chi connectivity index (χ0n) is 11.9. The van der Waals surface area contributed by atoms with Crippen molar-refractivity contribution in [1.82, 2.24) is 4.90 Å². The molecule has 1 aliphatic heterocycles. The first-order valence-corrected chi connectivity index (χ1v) is 7.95. The van der Waals surface area contributed by atoms with E-state index in [2.05, 4.69) is 10.2 Å². The van der Waals surface area contributed by atoms with Crippen LogP contribution in [0.1, 0.15) is 29.2 Å². The summed E-state index contributed by atoms with van der Waals surface area (Å²) in [6.45, 7) is 2.90. The number of nitrogens with zero attached hydrogens (tertiary/aromatic N) is 1. The molecule has 0 spiro atoms. The molecule has 1 fully saturated rings. The Labute approximate surface area is 139 Å². The second kappa shape index (κ2) is 6.73. The van der Waals surface area contributed by atoms with E-state index < -0.39 is 0 Å². The highest BCUT2D eigenvalue weighted by atomic mass is 35.5. The quantitative estimate of drug-likeness (QED) is 0.896. The van der Waals surface area contributed by atoms with E-state index in [0.717, 1.165) is 25.4 Å². The van der Waals surface area contributed by atoms with Gasteiger partial charge in [-0.25, -0.2) is 0 Å². The Hall–Kier alpha value is -1.49. The molecule has 0 saturated carbocycles. The Kier molecular flexibility index (Phi) is 4.71. The summed E-state index contributed by atoms with van der Waals surface area (Å²) in [6.07, 6.45) is 2.44. The lowest BCUT2D eigenvalue weighted by molar-refractivity contribution is 0.0993. The minimum absolute atomic E-state index is 0.255. The van der Waals surface area contributed by atoms with Crippen LogP contribution in [0, 0.1) is 0 Å². The lowest BCUT2D eigenvalue weighted by Crippen LogP contribution is -2.18. The van der Waals surface area contributed by atoms with E-state index in [1.54, 1.807) is 24.3 Å². The fourth-order valence-electron chi connectivity index (χ4n) is 2.54. The zero-order chi connectivity index (χ0) is 15.5. The molecular formula is C16H16Cl2N2O2. The number of benzene rings is 1. The minimum atomic E-state index is -0.359. The summed E-state index contributed by atoms with van der Waals surface area (Å²) < 4.78 is 5.62. The van der Waals surface area contributed by atoms with Crippen molar-refractivity contribution in [1.29, 1.82) is 0 Å². The third kappa shape index (κ3) is 3.46. The van der Waals surface area contributed by atoms with E-state index in [9.17, 15) is 4.79 Å². The zero-order valence-corrected chi connectivity index (χ0v) is 13.5. The van der Waals surface area contributed by atoms with E-state index in [1.165, 1.54) is 12.8 Å². The van der Waals surface area contributed by atoms with Crippen LogP contribution in [-0.2, 0) is 6.54 Å². The molecule has 2 heterocycles. The number of hydrogen-bond acceptors (Lipinski definition) is 3. The Bertz CT molecular complexity index is 658. The summed E-state index contributed by atoms with van der Waals surface area (Å²) in [7, 11) is 0. The van der Waals surface area contributed by atoms with Gasteiger partial charge in [0.15, 0.2) is 5.76 Å². The van der Waals surface area contributed by atoms with E-state index >= 15 is 0 Å². The second-order valence-corrected chi connectivity index (χ2v) is 6.11. The van der Waals surface area contributed by atoms with Crippen LogP contribution in [0.25, 0.3) is 0 Å². The summed E-state index contributed by atoms with van der Waals surface area (Å²) in [4.78, 5) is 14.5. The monoisotopic (exact) mass is 338 g/mol. The van der Waals surface area contributed by atoms with Crippen molar-refractivity contribution < 1.29 is 9.21 Å². The molecule has 2 aromatic rings. The van der Waals surface area contributed by atoms with Gasteiger partial charge in [-0.15, -0.1) is 0 Å². The van der Waals surface area contributed by atoms with Gasteiger partial charge >= 0.3 is 0 Å². The lowest BCUT2D eigenvalue weighted by atomic mass is 10.3. The van der Waals surface area contributed by atoms with E-state index in [1.807, 2.05) is 6.07 Å². The average Bonchev–Trinajstić information content (AvgIpc) is 3.15. The number of carbonyl (C=O) groups excluding carboxylic acids is 1. The van der Waals surface area contributed by atoms with Crippen LogP contribution < -0.4 is 5.32 Å². The highest BCUT2D eigenvalue weighted by molar-refractivity contribution is 6.39. The summed E-state index contributed by atoms with van der Waals surface area (Å²) in [5.41, 5.74) is 0.397. The van der Waals surface area contributed by atoms with E-state index in [0.29, 0.717) is 15.7 Å². The van der Waals surface area contributed by atoms with E-state index in [-0.39, 0.29) is 11.7 Å². The highest BCUT2D eigenvalue weighted by Crippen LogP contribution is 2.30. The largest absolute Gasteiger partial charge is 0.455 e.